The summed E-state index contributed by atoms with van der Waals surface area (Å²) in [5.74, 6) is -5.98. The van der Waals surface area contributed by atoms with Gasteiger partial charge in [0.1, 0.15) is 11.1 Å². The summed E-state index contributed by atoms with van der Waals surface area (Å²) in [6.45, 7) is 1.67. The number of nitrogens with zero attached hydrogens (tertiary/aromatic N) is 4. The number of halogens is 4. The summed E-state index contributed by atoms with van der Waals surface area (Å²) < 4.78 is 61.7. The van der Waals surface area contributed by atoms with E-state index in [-0.39, 0.29) is 11.9 Å². The Balaban J connectivity index is 1.83. The number of fused-ring (bicyclic) bond motifs is 2. The maximum Gasteiger partial charge on any atom is 0.491 e. The second-order valence-electron chi connectivity index (χ2n) is 7.13. The monoisotopic (exact) mass is 508 g/mol. The first-order chi connectivity index (χ1) is 16.9. The molecule has 2 aromatic heterocycles. The maximum atomic E-state index is 14.4. The number of ether oxygens (including phenoxy) is 2. The Morgan fingerprint density at radius 3 is 2.53 bits per heavy atom. The summed E-state index contributed by atoms with van der Waals surface area (Å²) in [6.07, 6.45) is -5.58. The fourth-order valence-corrected chi connectivity index (χ4v) is 3.26. The average molecular weight is 508 g/mol. The number of rotatable bonds is 5. The first-order valence-corrected chi connectivity index (χ1v) is 9.68. The number of benzene rings is 2. The highest BCUT2D eigenvalue weighted by molar-refractivity contribution is 5.93. The van der Waals surface area contributed by atoms with Gasteiger partial charge < -0.3 is 9.47 Å². The number of H-pyrrole nitrogens is 1. The lowest BCUT2D eigenvalue weighted by Crippen LogP contribution is -2.29. The lowest BCUT2D eigenvalue weighted by atomic mass is 10.2. The Bertz CT molecular complexity index is 1620. The Kier molecular flexibility index (Phi) is 5.87. The van der Waals surface area contributed by atoms with Crippen LogP contribution in [0.1, 0.15) is 5.69 Å². The van der Waals surface area contributed by atoms with E-state index in [1.165, 1.54) is 7.11 Å². The van der Waals surface area contributed by atoms with Gasteiger partial charge in [0, 0.05) is 11.5 Å². The third-order valence-corrected chi connectivity index (χ3v) is 4.81. The third-order valence-electron chi connectivity index (χ3n) is 4.81. The summed E-state index contributed by atoms with van der Waals surface area (Å²) in [7, 11) is 1.49. The SMILES string of the molecule is COc1ccc2nc(Nc3nc4cc(F)c([N+](=O)[O-])c(OC(=O)C(F)(F)F)c4c(=O)[nH]3)nc(C)c2c1. The molecule has 4 aromatic rings. The van der Waals surface area contributed by atoms with Crippen LogP contribution in [0.3, 0.4) is 0 Å². The van der Waals surface area contributed by atoms with Crippen molar-refractivity contribution in [2.75, 3.05) is 12.4 Å². The largest absolute Gasteiger partial charge is 0.497 e. The van der Waals surface area contributed by atoms with Gasteiger partial charge >= 0.3 is 17.8 Å². The van der Waals surface area contributed by atoms with E-state index in [2.05, 4.69) is 30.0 Å². The summed E-state index contributed by atoms with van der Waals surface area (Å²) in [6, 6.07) is 5.43. The second-order valence-corrected chi connectivity index (χ2v) is 7.13. The summed E-state index contributed by atoms with van der Waals surface area (Å²) in [4.78, 5) is 48.2. The van der Waals surface area contributed by atoms with Gasteiger partial charge in [-0.3, -0.25) is 25.2 Å². The van der Waals surface area contributed by atoms with Crippen molar-refractivity contribution >= 4 is 45.4 Å². The van der Waals surface area contributed by atoms with E-state index in [9.17, 15) is 37.3 Å². The number of nitro benzene ring substituents is 1. The quantitative estimate of drug-likeness (QED) is 0.134. The molecular weight excluding hydrogens is 496 g/mol. The van der Waals surface area contributed by atoms with Gasteiger partial charge in [-0.05, 0) is 25.1 Å². The van der Waals surface area contributed by atoms with Crippen molar-refractivity contribution in [1.29, 1.82) is 0 Å². The van der Waals surface area contributed by atoms with Gasteiger partial charge in [-0.15, -0.1) is 0 Å². The predicted molar refractivity (Wildman–Crippen MR) is 115 cm³/mol. The molecule has 2 aromatic carbocycles. The van der Waals surface area contributed by atoms with Crippen LogP contribution in [0.5, 0.6) is 11.5 Å². The van der Waals surface area contributed by atoms with E-state index in [1.807, 2.05) is 0 Å². The molecule has 0 unspecified atom stereocenters. The van der Waals surface area contributed by atoms with Crippen LogP contribution in [-0.4, -0.2) is 44.1 Å². The van der Waals surface area contributed by atoms with Crippen LogP contribution in [-0.2, 0) is 4.79 Å². The molecule has 186 valence electrons. The summed E-state index contributed by atoms with van der Waals surface area (Å²) >= 11 is 0. The number of carbonyl (C=O) groups is 1. The molecule has 2 heterocycles. The molecule has 4 rings (SSSR count). The summed E-state index contributed by atoms with van der Waals surface area (Å²) in [5, 5.41) is 13.5. The maximum absolute atomic E-state index is 14.4. The highest BCUT2D eigenvalue weighted by Crippen LogP contribution is 2.37. The van der Waals surface area contributed by atoms with E-state index >= 15 is 0 Å². The van der Waals surface area contributed by atoms with Crippen LogP contribution in [0, 0.1) is 22.9 Å². The number of aromatic amines is 1. The standard InChI is InChI=1S/C20H12F4N6O6/c1-7-9-5-8(35-2)3-4-11(9)26-18(25-7)29-19-27-12-6-10(21)14(30(33)34)15(13(12)16(31)28-19)36-17(32)20(22,23)24/h3-6H,1-2H3,(H2,25,26,27,28,29,31). The van der Waals surface area contributed by atoms with Gasteiger partial charge in [-0.25, -0.2) is 19.7 Å². The molecule has 2 N–H and O–H groups in total. The molecule has 0 fully saturated rings. The molecule has 12 nitrogen and oxygen atoms in total. The van der Waals surface area contributed by atoms with Crippen molar-refractivity contribution in [3.05, 3.63) is 56.2 Å². The second kappa shape index (κ2) is 8.71. The highest BCUT2D eigenvalue weighted by atomic mass is 19.4. The van der Waals surface area contributed by atoms with Crippen LogP contribution >= 0.6 is 0 Å². The fourth-order valence-electron chi connectivity index (χ4n) is 3.26. The average Bonchev–Trinajstić information content (AvgIpc) is 2.77. The molecule has 0 radical (unpaired) electrons. The molecule has 0 aliphatic heterocycles. The van der Waals surface area contributed by atoms with Crippen molar-refractivity contribution in [1.82, 2.24) is 19.9 Å². The van der Waals surface area contributed by atoms with Gasteiger partial charge in [0.25, 0.3) is 5.56 Å². The van der Waals surface area contributed by atoms with Crippen LogP contribution in [0.2, 0.25) is 0 Å². The molecule has 16 heteroatoms. The molecular formula is C20H12F4N6O6. The predicted octanol–water partition coefficient (Wildman–Crippen LogP) is 3.44. The van der Waals surface area contributed by atoms with E-state index in [0.717, 1.165) is 0 Å². The summed E-state index contributed by atoms with van der Waals surface area (Å²) in [5.41, 5.74) is -2.56. The van der Waals surface area contributed by atoms with Crippen molar-refractivity contribution in [3.8, 4) is 11.5 Å². The molecule has 0 bridgehead atoms. The number of hydrogen-bond acceptors (Lipinski definition) is 10. The molecule has 0 saturated heterocycles. The Labute approximate surface area is 196 Å². The zero-order chi connectivity index (χ0) is 26.4. The minimum atomic E-state index is -5.58. The molecule has 0 aliphatic carbocycles. The number of nitrogens with one attached hydrogen (secondary N) is 2. The van der Waals surface area contributed by atoms with Gasteiger partial charge in [-0.1, -0.05) is 0 Å². The number of aryl methyl sites for hydroxylation is 1. The third kappa shape index (κ3) is 4.42. The van der Waals surface area contributed by atoms with Gasteiger partial charge in [0.15, 0.2) is 0 Å². The van der Waals surface area contributed by atoms with E-state index in [1.54, 1.807) is 25.1 Å². The van der Waals surface area contributed by atoms with E-state index in [0.29, 0.717) is 28.4 Å². The topological polar surface area (TPSA) is 162 Å². The normalized spacial score (nSPS) is 11.5. The number of nitro groups is 1. The first-order valence-electron chi connectivity index (χ1n) is 9.68. The van der Waals surface area contributed by atoms with Crippen LogP contribution in [0.4, 0.5) is 35.1 Å². The van der Waals surface area contributed by atoms with Crippen molar-refractivity contribution < 1.29 is 36.8 Å². The zero-order valence-electron chi connectivity index (χ0n) is 18.1. The number of anilines is 2. The minimum absolute atomic E-state index is 0.0567. The Hall–Kier alpha value is -4.89. The van der Waals surface area contributed by atoms with Crippen molar-refractivity contribution in [2.24, 2.45) is 0 Å². The molecule has 0 spiro atoms. The lowest BCUT2D eigenvalue weighted by molar-refractivity contribution is -0.388. The fraction of sp³-hybridized carbons (Fsp3) is 0.150. The molecule has 0 amide bonds. The number of alkyl halides is 3. The smallest absolute Gasteiger partial charge is 0.491 e. The molecule has 36 heavy (non-hydrogen) atoms. The molecule has 0 aliphatic rings. The number of carbonyl (C=O) groups excluding carboxylic acids is 1. The van der Waals surface area contributed by atoms with E-state index < -0.39 is 50.8 Å². The van der Waals surface area contributed by atoms with Crippen LogP contribution in [0.25, 0.3) is 21.8 Å². The van der Waals surface area contributed by atoms with Gasteiger partial charge in [0.2, 0.25) is 23.5 Å². The Morgan fingerprint density at radius 1 is 1.17 bits per heavy atom. The number of methoxy groups -OCH3 is 1. The Morgan fingerprint density at radius 2 is 1.89 bits per heavy atom. The number of esters is 1. The van der Waals surface area contributed by atoms with Gasteiger partial charge in [0.05, 0.1) is 28.8 Å². The minimum Gasteiger partial charge on any atom is -0.497 e. The molecule has 0 atom stereocenters. The van der Waals surface area contributed by atoms with Crippen molar-refractivity contribution in [2.45, 2.75) is 13.1 Å². The highest BCUT2D eigenvalue weighted by Gasteiger charge is 2.43. The molecule has 0 saturated carbocycles. The lowest BCUT2D eigenvalue weighted by Gasteiger charge is -2.11. The number of hydrogen-bond donors (Lipinski definition) is 2. The van der Waals surface area contributed by atoms with Crippen LogP contribution < -0.4 is 20.3 Å². The number of aromatic nitrogens is 4. The van der Waals surface area contributed by atoms with Crippen LogP contribution in [0.15, 0.2) is 29.1 Å². The first kappa shape index (κ1) is 24.2. The zero-order valence-corrected chi connectivity index (χ0v) is 18.1. The van der Waals surface area contributed by atoms with Gasteiger partial charge in [-0.2, -0.15) is 17.6 Å². The van der Waals surface area contributed by atoms with E-state index in [4.69, 9.17) is 4.74 Å². The van der Waals surface area contributed by atoms with Crippen molar-refractivity contribution in [3.63, 3.8) is 0 Å².